The van der Waals surface area contributed by atoms with Crippen LogP contribution in [0.2, 0.25) is 0 Å². The lowest BCUT2D eigenvalue weighted by atomic mass is 10.1. The van der Waals surface area contributed by atoms with Crippen molar-refractivity contribution in [2.45, 2.75) is 29.6 Å². The molecule has 1 aliphatic rings. The molecule has 2 N–H and O–H groups in total. The van der Waals surface area contributed by atoms with Crippen LogP contribution in [-0.4, -0.2) is 75.3 Å². The summed E-state index contributed by atoms with van der Waals surface area (Å²) in [6, 6.07) is 9.59. The molecule has 4 rings (SSSR count). The zero-order valence-electron chi connectivity index (χ0n) is 20.1. The number of sulfone groups is 1. The van der Waals surface area contributed by atoms with E-state index in [4.69, 9.17) is 14.3 Å². The largest absolute Gasteiger partial charge is 0.390 e. The quantitative estimate of drug-likeness (QED) is 0.297. The number of hydrogen-bond acceptors (Lipinski definition) is 11. The molecule has 0 bridgehead atoms. The van der Waals surface area contributed by atoms with Crippen molar-refractivity contribution in [1.29, 1.82) is 0 Å². The van der Waals surface area contributed by atoms with Crippen molar-refractivity contribution >= 4 is 54.1 Å². The summed E-state index contributed by atoms with van der Waals surface area (Å²) in [6.07, 6.45) is 0.0449. The van der Waals surface area contributed by atoms with E-state index in [1.54, 1.807) is 26.1 Å². The molecule has 1 saturated heterocycles. The van der Waals surface area contributed by atoms with Crippen LogP contribution >= 0.6 is 11.3 Å². The van der Waals surface area contributed by atoms with E-state index in [9.17, 15) is 13.2 Å². The number of amides is 1. The smallest absolute Gasteiger partial charge is 0.280 e. The average molecular weight is 534 g/mol. The molecule has 1 amide bonds. The van der Waals surface area contributed by atoms with Crippen molar-refractivity contribution in [3.63, 3.8) is 0 Å². The van der Waals surface area contributed by atoms with Gasteiger partial charge in [-0.2, -0.15) is 0 Å². The summed E-state index contributed by atoms with van der Waals surface area (Å²) >= 11 is 1.22. The first kappa shape index (κ1) is 25.9. The Morgan fingerprint density at radius 3 is 2.69 bits per heavy atom. The third-order valence-electron chi connectivity index (χ3n) is 5.46. The van der Waals surface area contributed by atoms with Gasteiger partial charge in [-0.05, 0) is 37.6 Å². The van der Waals surface area contributed by atoms with Crippen LogP contribution in [-0.2, 0) is 28.9 Å². The van der Waals surface area contributed by atoms with Crippen LogP contribution in [0.3, 0.4) is 0 Å². The first-order valence-electron chi connectivity index (χ1n) is 11.2. The molecule has 11 nitrogen and oxygen atoms in total. The van der Waals surface area contributed by atoms with Gasteiger partial charge < -0.3 is 19.6 Å². The number of nitrogens with one attached hydrogen (secondary N) is 2. The third kappa shape index (κ3) is 5.81. The van der Waals surface area contributed by atoms with E-state index < -0.39 is 27.1 Å². The Balaban J connectivity index is 1.60. The van der Waals surface area contributed by atoms with Gasteiger partial charge in [0.1, 0.15) is 22.3 Å². The normalized spacial score (nSPS) is 17.2. The highest BCUT2D eigenvalue weighted by atomic mass is 32.2. The topological polar surface area (TPSA) is 141 Å². The number of thiazole rings is 1. The lowest BCUT2D eigenvalue weighted by molar-refractivity contribution is -0.110. The SMILES string of the molecule is CNc1ccc2nc(NC(=O)/C(=N/O[C@H](C)COC)c3ccc(S(=O)(=O)[C@H]4CCOC4)cc3)sc2n1. The maximum atomic E-state index is 13.2. The number of benzene rings is 1. The van der Waals surface area contributed by atoms with Crippen molar-refractivity contribution in [2.75, 3.05) is 44.6 Å². The van der Waals surface area contributed by atoms with E-state index in [2.05, 4.69) is 25.8 Å². The van der Waals surface area contributed by atoms with E-state index in [0.29, 0.717) is 39.9 Å². The number of methoxy groups -OCH3 is 1. The second-order valence-corrected chi connectivity index (χ2v) is 11.3. The molecule has 1 fully saturated rings. The molecule has 0 spiro atoms. The van der Waals surface area contributed by atoms with Gasteiger partial charge in [0.2, 0.25) is 0 Å². The monoisotopic (exact) mass is 533 g/mol. The highest BCUT2D eigenvalue weighted by Gasteiger charge is 2.31. The van der Waals surface area contributed by atoms with Crippen LogP contribution < -0.4 is 10.6 Å². The summed E-state index contributed by atoms with van der Waals surface area (Å²) in [6.45, 7) is 2.63. The highest BCUT2D eigenvalue weighted by molar-refractivity contribution is 7.92. The number of hydrogen-bond donors (Lipinski definition) is 2. The predicted molar refractivity (Wildman–Crippen MR) is 137 cm³/mol. The Morgan fingerprint density at radius 1 is 1.25 bits per heavy atom. The molecule has 0 saturated carbocycles. The number of rotatable bonds is 10. The summed E-state index contributed by atoms with van der Waals surface area (Å²) < 4.78 is 36.0. The number of oxime groups is 1. The van der Waals surface area contributed by atoms with Gasteiger partial charge in [-0.3, -0.25) is 10.1 Å². The molecular formula is C23H27N5O6S2. The molecule has 3 aromatic rings. The molecule has 1 aliphatic heterocycles. The summed E-state index contributed by atoms with van der Waals surface area (Å²) in [7, 11) is -0.236. The molecule has 36 heavy (non-hydrogen) atoms. The van der Waals surface area contributed by atoms with E-state index in [1.807, 2.05) is 0 Å². The maximum Gasteiger partial charge on any atom is 0.280 e. The minimum Gasteiger partial charge on any atom is -0.390 e. The van der Waals surface area contributed by atoms with Crippen molar-refractivity contribution in [1.82, 2.24) is 9.97 Å². The van der Waals surface area contributed by atoms with Crippen molar-refractivity contribution in [3.05, 3.63) is 42.0 Å². The van der Waals surface area contributed by atoms with Crippen LogP contribution in [0.15, 0.2) is 46.4 Å². The van der Waals surface area contributed by atoms with Gasteiger partial charge in [-0.1, -0.05) is 28.6 Å². The van der Waals surface area contributed by atoms with Gasteiger partial charge >= 0.3 is 0 Å². The van der Waals surface area contributed by atoms with E-state index in [-0.39, 0.29) is 23.8 Å². The molecule has 3 heterocycles. The van der Waals surface area contributed by atoms with Crippen LogP contribution in [0.25, 0.3) is 10.3 Å². The van der Waals surface area contributed by atoms with Gasteiger partial charge in [0, 0.05) is 26.3 Å². The summed E-state index contributed by atoms with van der Waals surface area (Å²) in [4.78, 5) is 28.3. The Kier molecular flexibility index (Phi) is 8.14. The number of aromatic nitrogens is 2. The number of fused-ring (bicyclic) bond motifs is 1. The zero-order chi connectivity index (χ0) is 25.7. The average Bonchev–Trinajstić information content (AvgIpc) is 3.54. The fourth-order valence-corrected chi connectivity index (χ4v) is 5.97. The highest BCUT2D eigenvalue weighted by Crippen LogP contribution is 2.26. The molecule has 0 aliphatic carbocycles. The Bertz CT molecular complexity index is 1350. The molecular weight excluding hydrogens is 506 g/mol. The third-order valence-corrected chi connectivity index (χ3v) is 8.51. The molecule has 2 aromatic heterocycles. The fraction of sp³-hybridized carbons (Fsp3) is 0.391. The van der Waals surface area contributed by atoms with Gasteiger partial charge in [-0.15, -0.1) is 0 Å². The number of carbonyl (C=O) groups excluding carboxylic acids is 1. The molecule has 0 radical (unpaired) electrons. The number of pyridine rings is 1. The lowest BCUT2D eigenvalue weighted by Crippen LogP contribution is -2.26. The van der Waals surface area contributed by atoms with E-state index >= 15 is 0 Å². The van der Waals surface area contributed by atoms with Gasteiger partial charge in [0.25, 0.3) is 5.91 Å². The molecule has 1 aromatic carbocycles. The lowest BCUT2D eigenvalue weighted by Gasteiger charge is -2.12. The number of carbonyl (C=O) groups is 1. The zero-order valence-corrected chi connectivity index (χ0v) is 21.7. The molecule has 13 heteroatoms. The molecule has 192 valence electrons. The van der Waals surface area contributed by atoms with Crippen LogP contribution in [0.5, 0.6) is 0 Å². The van der Waals surface area contributed by atoms with E-state index in [0.717, 1.165) is 0 Å². The predicted octanol–water partition coefficient (Wildman–Crippen LogP) is 2.69. The summed E-state index contributed by atoms with van der Waals surface area (Å²) in [5.41, 5.74) is 0.993. The van der Waals surface area contributed by atoms with Crippen LogP contribution in [0.1, 0.15) is 18.9 Å². The minimum absolute atomic E-state index is 0.0331. The van der Waals surface area contributed by atoms with Crippen LogP contribution in [0.4, 0.5) is 10.9 Å². The van der Waals surface area contributed by atoms with E-state index in [1.165, 1.54) is 42.7 Å². The summed E-state index contributed by atoms with van der Waals surface area (Å²) in [5.74, 6) is 0.123. The van der Waals surface area contributed by atoms with Crippen molar-refractivity contribution < 1.29 is 27.5 Å². The van der Waals surface area contributed by atoms with Gasteiger partial charge in [-0.25, -0.2) is 18.4 Å². The number of ether oxygens (including phenoxy) is 2. The number of anilines is 2. The fourth-order valence-electron chi connectivity index (χ4n) is 3.55. The second kappa shape index (κ2) is 11.3. The second-order valence-electron chi connectivity index (χ2n) is 8.11. The standard InChI is InChI=1S/C23H27N5O6S2/c1-14(12-32-3)34-28-20(15-4-6-16(7-5-15)36(30,31)17-10-11-33-13-17)21(29)27-23-25-18-8-9-19(24-2)26-22(18)35-23/h4-9,14,17H,10-13H2,1-3H3,(H,24,26)(H,25,27,29)/b28-20+/t14-,17+/m1/s1. The molecule has 0 unspecified atom stereocenters. The van der Waals surface area contributed by atoms with Gasteiger partial charge in [0.15, 0.2) is 20.7 Å². The Morgan fingerprint density at radius 2 is 2.03 bits per heavy atom. The van der Waals surface area contributed by atoms with Crippen molar-refractivity contribution in [3.8, 4) is 0 Å². The maximum absolute atomic E-state index is 13.2. The Labute approximate surface area is 212 Å². The Hall–Kier alpha value is -3.13. The van der Waals surface area contributed by atoms with Gasteiger partial charge in [0.05, 0.1) is 23.4 Å². The summed E-state index contributed by atoms with van der Waals surface area (Å²) in [5, 5.41) is 9.54. The minimum atomic E-state index is -3.54. The van der Waals surface area contributed by atoms with Crippen molar-refractivity contribution in [2.24, 2.45) is 5.16 Å². The first-order chi connectivity index (χ1) is 17.3. The molecule has 2 atom stereocenters. The van der Waals surface area contributed by atoms with Crippen LogP contribution in [0, 0.1) is 0 Å². The first-order valence-corrected chi connectivity index (χ1v) is 13.6. The number of nitrogens with zero attached hydrogens (tertiary/aromatic N) is 3.